The van der Waals surface area contributed by atoms with E-state index in [9.17, 15) is 14.4 Å². The largest absolute Gasteiger partial charge is 0.451 e. The zero-order valence-electron chi connectivity index (χ0n) is 14.5. The summed E-state index contributed by atoms with van der Waals surface area (Å²) >= 11 is 7.43. The molecule has 1 aliphatic rings. The number of rotatable bonds is 5. The van der Waals surface area contributed by atoms with Gasteiger partial charge in [-0.05, 0) is 31.2 Å². The quantitative estimate of drug-likeness (QED) is 0.773. The molecule has 27 heavy (non-hydrogen) atoms. The van der Waals surface area contributed by atoms with Crippen LogP contribution in [0.3, 0.4) is 0 Å². The van der Waals surface area contributed by atoms with Crippen molar-refractivity contribution in [1.82, 2.24) is 0 Å². The number of carbonyl (C=O) groups is 3. The van der Waals surface area contributed by atoms with Crippen LogP contribution in [0.5, 0.6) is 0 Å². The van der Waals surface area contributed by atoms with Gasteiger partial charge in [0.25, 0.3) is 5.91 Å². The van der Waals surface area contributed by atoms with Crippen molar-refractivity contribution in [2.75, 3.05) is 22.5 Å². The van der Waals surface area contributed by atoms with Crippen LogP contribution < -0.4 is 10.2 Å². The molecular formula is C19H17ClN2O4S. The topological polar surface area (TPSA) is 75.7 Å². The van der Waals surface area contributed by atoms with Gasteiger partial charge in [0.2, 0.25) is 5.91 Å². The highest BCUT2D eigenvalue weighted by molar-refractivity contribution is 8.00. The van der Waals surface area contributed by atoms with Gasteiger partial charge in [-0.25, -0.2) is 0 Å². The van der Waals surface area contributed by atoms with Gasteiger partial charge in [0.05, 0.1) is 22.2 Å². The van der Waals surface area contributed by atoms with Gasteiger partial charge in [-0.1, -0.05) is 35.9 Å². The SMILES string of the molecule is C[C@H](OC(=O)CN1C(=O)CSc2ccccc21)C(=O)Nc1ccccc1Cl. The maximum atomic E-state index is 12.3. The molecular weight excluding hydrogens is 388 g/mol. The molecule has 0 radical (unpaired) electrons. The number of benzene rings is 2. The third kappa shape index (κ3) is 4.61. The molecule has 1 heterocycles. The van der Waals surface area contributed by atoms with Crippen LogP contribution in [-0.4, -0.2) is 36.2 Å². The Morgan fingerprint density at radius 3 is 2.70 bits per heavy atom. The summed E-state index contributed by atoms with van der Waals surface area (Å²) in [5.41, 5.74) is 1.10. The highest BCUT2D eigenvalue weighted by atomic mass is 35.5. The number of ether oxygens (including phenoxy) is 1. The van der Waals surface area contributed by atoms with Crippen molar-refractivity contribution in [1.29, 1.82) is 0 Å². The van der Waals surface area contributed by atoms with Crippen molar-refractivity contribution in [2.24, 2.45) is 0 Å². The molecule has 2 aromatic carbocycles. The Labute approximate surface area is 165 Å². The van der Waals surface area contributed by atoms with E-state index in [4.69, 9.17) is 16.3 Å². The lowest BCUT2D eigenvalue weighted by Gasteiger charge is -2.28. The molecule has 2 aromatic rings. The third-order valence-electron chi connectivity index (χ3n) is 3.90. The van der Waals surface area contributed by atoms with Crippen molar-refractivity contribution < 1.29 is 19.1 Å². The first-order chi connectivity index (χ1) is 13.0. The number of amides is 2. The predicted octanol–water partition coefficient (Wildman–Crippen LogP) is 3.35. The molecule has 3 rings (SSSR count). The van der Waals surface area contributed by atoms with Crippen LogP contribution in [0.25, 0.3) is 0 Å². The second kappa shape index (κ2) is 8.45. The van der Waals surface area contributed by atoms with Crippen LogP contribution >= 0.6 is 23.4 Å². The molecule has 0 saturated heterocycles. The van der Waals surface area contributed by atoms with E-state index in [0.717, 1.165) is 4.90 Å². The Hall–Kier alpha value is -2.51. The van der Waals surface area contributed by atoms with E-state index in [1.165, 1.54) is 23.6 Å². The minimum Gasteiger partial charge on any atom is -0.451 e. The van der Waals surface area contributed by atoms with Crippen molar-refractivity contribution in [3.8, 4) is 0 Å². The van der Waals surface area contributed by atoms with E-state index in [1.54, 1.807) is 36.4 Å². The van der Waals surface area contributed by atoms with Crippen LogP contribution in [0.4, 0.5) is 11.4 Å². The van der Waals surface area contributed by atoms with E-state index >= 15 is 0 Å². The second-order valence-electron chi connectivity index (χ2n) is 5.84. The molecule has 140 valence electrons. The number of carbonyl (C=O) groups excluding carboxylic acids is 3. The number of para-hydroxylation sites is 2. The number of hydrogen-bond acceptors (Lipinski definition) is 5. The van der Waals surface area contributed by atoms with E-state index in [1.807, 2.05) is 12.1 Å². The Morgan fingerprint density at radius 1 is 1.22 bits per heavy atom. The fourth-order valence-electron chi connectivity index (χ4n) is 2.54. The van der Waals surface area contributed by atoms with Crippen molar-refractivity contribution in [3.63, 3.8) is 0 Å². The maximum Gasteiger partial charge on any atom is 0.326 e. The molecule has 2 amide bonds. The van der Waals surface area contributed by atoms with E-state index in [2.05, 4.69) is 5.32 Å². The first kappa shape index (κ1) is 19.3. The average Bonchev–Trinajstić information content (AvgIpc) is 2.66. The zero-order valence-corrected chi connectivity index (χ0v) is 16.0. The second-order valence-corrected chi connectivity index (χ2v) is 7.26. The van der Waals surface area contributed by atoms with Crippen molar-refractivity contribution in [3.05, 3.63) is 53.6 Å². The molecule has 0 bridgehead atoms. The molecule has 0 saturated carbocycles. The molecule has 1 atom stereocenters. The third-order valence-corrected chi connectivity index (χ3v) is 5.28. The predicted molar refractivity (Wildman–Crippen MR) is 105 cm³/mol. The number of fused-ring (bicyclic) bond motifs is 1. The van der Waals surface area contributed by atoms with Gasteiger partial charge >= 0.3 is 5.97 Å². The highest BCUT2D eigenvalue weighted by Crippen LogP contribution is 2.34. The monoisotopic (exact) mass is 404 g/mol. The smallest absolute Gasteiger partial charge is 0.326 e. The number of nitrogens with one attached hydrogen (secondary N) is 1. The lowest BCUT2D eigenvalue weighted by molar-refractivity contribution is -0.152. The number of esters is 1. The van der Waals surface area contributed by atoms with Gasteiger partial charge in [-0.3, -0.25) is 19.3 Å². The number of halogens is 1. The van der Waals surface area contributed by atoms with Crippen LogP contribution in [0.2, 0.25) is 5.02 Å². The summed E-state index contributed by atoms with van der Waals surface area (Å²) in [6, 6.07) is 14.1. The summed E-state index contributed by atoms with van der Waals surface area (Å²) in [7, 11) is 0. The molecule has 6 nitrogen and oxygen atoms in total. The van der Waals surface area contributed by atoms with Gasteiger partial charge < -0.3 is 10.1 Å². The van der Waals surface area contributed by atoms with Crippen LogP contribution in [0, 0.1) is 0 Å². The molecule has 0 aromatic heterocycles. The van der Waals surface area contributed by atoms with E-state index in [-0.39, 0.29) is 18.2 Å². The Bertz CT molecular complexity index is 890. The molecule has 0 fully saturated rings. The summed E-state index contributed by atoms with van der Waals surface area (Å²) in [6.45, 7) is 1.21. The summed E-state index contributed by atoms with van der Waals surface area (Å²) in [6.07, 6.45) is -1.03. The molecule has 1 aliphatic heterocycles. The molecule has 8 heteroatoms. The lowest BCUT2D eigenvalue weighted by atomic mass is 10.2. The van der Waals surface area contributed by atoms with Crippen LogP contribution in [-0.2, 0) is 19.1 Å². The standard InChI is InChI=1S/C19H17ClN2O4S/c1-12(19(25)21-14-7-3-2-6-13(14)20)26-18(24)10-22-15-8-4-5-9-16(15)27-11-17(22)23/h2-9,12H,10-11H2,1H3,(H,21,25)/t12-/m0/s1. The number of nitrogens with zero attached hydrogens (tertiary/aromatic N) is 1. The number of hydrogen-bond donors (Lipinski definition) is 1. The fourth-order valence-corrected chi connectivity index (χ4v) is 3.66. The average molecular weight is 405 g/mol. The number of anilines is 2. The molecule has 0 aliphatic carbocycles. The van der Waals surface area contributed by atoms with E-state index < -0.39 is 18.0 Å². The Balaban J connectivity index is 1.61. The maximum absolute atomic E-state index is 12.3. The van der Waals surface area contributed by atoms with Crippen LogP contribution in [0.15, 0.2) is 53.4 Å². The first-order valence-electron chi connectivity index (χ1n) is 8.23. The molecule has 0 unspecified atom stereocenters. The van der Waals surface area contributed by atoms with Crippen LogP contribution in [0.1, 0.15) is 6.92 Å². The van der Waals surface area contributed by atoms with Gasteiger partial charge in [0.1, 0.15) is 6.54 Å². The summed E-state index contributed by atoms with van der Waals surface area (Å²) in [5, 5.41) is 3.00. The lowest BCUT2D eigenvalue weighted by Crippen LogP contribution is -2.41. The minimum atomic E-state index is -1.03. The highest BCUT2D eigenvalue weighted by Gasteiger charge is 2.28. The summed E-state index contributed by atoms with van der Waals surface area (Å²) < 4.78 is 5.20. The first-order valence-corrected chi connectivity index (χ1v) is 9.59. The van der Waals surface area contributed by atoms with Gasteiger partial charge in [-0.15, -0.1) is 11.8 Å². The van der Waals surface area contributed by atoms with Crippen molar-refractivity contribution >= 4 is 52.5 Å². The fraction of sp³-hybridized carbons (Fsp3) is 0.211. The van der Waals surface area contributed by atoms with E-state index in [0.29, 0.717) is 16.4 Å². The summed E-state index contributed by atoms with van der Waals surface area (Å²) in [5.74, 6) is -1.08. The van der Waals surface area contributed by atoms with Gasteiger partial charge in [-0.2, -0.15) is 0 Å². The minimum absolute atomic E-state index is 0.177. The zero-order chi connectivity index (χ0) is 19.4. The Morgan fingerprint density at radius 2 is 1.93 bits per heavy atom. The molecule has 1 N–H and O–H groups in total. The summed E-state index contributed by atoms with van der Waals surface area (Å²) in [4.78, 5) is 39.0. The van der Waals surface area contributed by atoms with Gasteiger partial charge in [0, 0.05) is 4.90 Å². The normalized spacial score (nSPS) is 14.3. The van der Waals surface area contributed by atoms with Crippen molar-refractivity contribution in [2.45, 2.75) is 17.9 Å². The van der Waals surface area contributed by atoms with Gasteiger partial charge in [0.15, 0.2) is 6.10 Å². The number of thioether (sulfide) groups is 1. The molecule has 0 spiro atoms. The Kier molecular flexibility index (Phi) is 6.03.